The average Bonchev–Trinajstić information content (AvgIpc) is 3.00. The summed E-state index contributed by atoms with van der Waals surface area (Å²) < 4.78 is 10.3. The summed E-state index contributed by atoms with van der Waals surface area (Å²) in [5.41, 5.74) is 0. The lowest BCUT2D eigenvalue weighted by atomic mass is 10.1. The smallest absolute Gasteiger partial charge is 0.234 e. The van der Waals surface area contributed by atoms with Gasteiger partial charge in [-0.05, 0) is 13.3 Å². The number of aromatic nitrogens is 2. The molecule has 1 saturated heterocycles. The Kier molecular flexibility index (Phi) is 4.62. The van der Waals surface area contributed by atoms with E-state index in [0.29, 0.717) is 31.5 Å². The van der Waals surface area contributed by atoms with E-state index in [1.807, 2.05) is 6.92 Å². The van der Waals surface area contributed by atoms with Gasteiger partial charge in [-0.1, -0.05) is 11.3 Å². The van der Waals surface area contributed by atoms with Crippen molar-refractivity contribution < 1.29 is 14.3 Å². The number of hydrogen-bond donors (Lipinski definition) is 0. The molecule has 2 heterocycles. The molecule has 6 nitrogen and oxygen atoms in total. The number of carbonyl (C=O) groups excluding carboxylic acids is 1. The molecule has 1 fully saturated rings. The SMILES string of the molecule is COCCN(C(=O)C1CCOC1)c1nnc(C)s1. The minimum atomic E-state index is -0.0638. The Hall–Kier alpha value is -1.05. The van der Waals surface area contributed by atoms with Gasteiger partial charge in [0.1, 0.15) is 5.01 Å². The maximum Gasteiger partial charge on any atom is 0.234 e. The van der Waals surface area contributed by atoms with E-state index in [4.69, 9.17) is 9.47 Å². The molecule has 1 aromatic rings. The second kappa shape index (κ2) is 6.21. The van der Waals surface area contributed by atoms with Crippen molar-refractivity contribution in [2.75, 3.05) is 38.4 Å². The third-order valence-corrected chi connectivity index (χ3v) is 3.67. The van der Waals surface area contributed by atoms with E-state index in [2.05, 4.69) is 10.2 Å². The zero-order valence-electron chi connectivity index (χ0n) is 10.6. The van der Waals surface area contributed by atoms with Crippen molar-refractivity contribution in [3.05, 3.63) is 5.01 Å². The largest absolute Gasteiger partial charge is 0.383 e. The molecule has 1 aromatic heterocycles. The van der Waals surface area contributed by atoms with Crippen molar-refractivity contribution in [2.45, 2.75) is 13.3 Å². The molecule has 7 heteroatoms. The first kappa shape index (κ1) is 13.4. The van der Waals surface area contributed by atoms with Gasteiger partial charge in [-0.2, -0.15) is 0 Å². The third kappa shape index (κ3) is 3.04. The molecule has 0 saturated carbocycles. The minimum Gasteiger partial charge on any atom is -0.383 e. The van der Waals surface area contributed by atoms with Crippen LogP contribution in [-0.2, 0) is 14.3 Å². The first-order chi connectivity index (χ1) is 8.72. The van der Waals surface area contributed by atoms with Crippen molar-refractivity contribution in [1.82, 2.24) is 10.2 Å². The molecule has 0 aromatic carbocycles. The fourth-order valence-corrected chi connectivity index (χ4v) is 2.55. The first-order valence-corrected chi connectivity index (χ1v) is 6.72. The van der Waals surface area contributed by atoms with Gasteiger partial charge in [0.2, 0.25) is 11.0 Å². The zero-order chi connectivity index (χ0) is 13.0. The van der Waals surface area contributed by atoms with E-state index in [1.165, 1.54) is 11.3 Å². The number of nitrogens with zero attached hydrogens (tertiary/aromatic N) is 3. The van der Waals surface area contributed by atoms with Crippen LogP contribution < -0.4 is 4.90 Å². The molecule has 1 aliphatic heterocycles. The van der Waals surface area contributed by atoms with E-state index < -0.39 is 0 Å². The molecule has 0 spiro atoms. The van der Waals surface area contributed by atoms with Gasteiger partial charge in [0.05, 0.1) is 25.7 Å². The molecular weight excluding hydrogens is 254 g/mol. The second-order valence-corrected chi connectivity index (χ2v) is 5.31. The molecule has 0 radical (unpaired) electrons. The summed E-state index contributed by atoms with van der Waals surface area (Å²) in [6.45, 7) is 4.01. The minimum absolute atomic E-state index is 0.0562. The van der Waals surface area contributed by atoms with Crippen LogP contribution in [0, 0.1) is 12.8 Å². The summed E-state index contributed by atoms with van der Waals surface area (Å²) >= 11 is 1.42. The van der Waals surface area contributed by atoms with Crippen LogP contribution in [0.5, 0.6) is 0 Å². The molecule has 18 heavy (non-hydrogen) atoms. The Morgan fingerprint density at radius 2 is 2.44 bits per heavy atom. The average molecular weight is 271 g/mol. The van der Waals surface area contributed by atoms with Crippen LogP contribution in [0.2, 0.25) is 0 Å². The molecular formula is C11H17N3O3S. The van der Waals surface area contributed by atoms with Gasteiger partial charge in [0.25, 0.3) is 0 Å². The molecule has 1 amide bonds. The highest BCUT2D eigenvalue weighted by Crippen LogP contribution is 2.24. The number of rotatable bonds is 5. The molecule has 100 valence electrons. The Bertz CT molecular complexity index is 404. The van der Waals surface area contributed by atoms with E-state index in [1.54, 1.807) is 12.0 Å². The van der Waals surface area contributed by atoms with Gasteiger partial charge in [-0.15, -0.1) is 10.2 Å². The maximum absolute atomic E-state index is 12.4. The van der Waals surface area contributed by atoms with Crippen molar-refractivity contribution >= 4 is 22.4 Å². The Labute approximate surface area is 110 Å². The predicted molar refractivity (Wildman–Crippen MR) is 67.8 cm³/mol. The highest BCUT2D eigenvalue weighted by Gasteiger charge is 2.30. The molecule has 0 aliphatic carbocycles. The van der Waals surface area contributed by atoms with Crippen LogP contribution in [0.25, 0.3) is 0 Å². The Balaban J connectivity index is 2.10. The predicted octanol–water partition coefficient (Wildman–Crippen LogP) is 0.862. The number of carbonyl (C=O) groups is 1. The van der Waals surface area contributed by atoms with Gasteiger partial charge in [0.15, 0.2) is 0 Å². The highest BCUT2D eigenvalue weighted by atomic mass is 32.1. The number of aryl methyl sites for hydroxylation is 1. The highest BCUT2D eigenvalue weighted by molar-refractivity contribution is 7.15. The summed E-state index contributed by atoms with van der Waals surface area (Å²) in [5, 5.41) is 9.49. The monoisotopic (exact) mass is 271 g/mol. The van der Waals surface area contributed by atoms with Crippen molar-refractivity contribution in [3.8, 4) is 0 Å². The normalized spacial score (nSPS) is 19.1. The molecule has 0 N–H and O–H groups in total. The third-order valence-electron chi connectivity index (χ3n) is 2.81. The standard InChI is InChI=1S/C11H17N3O3S/c1-8-12-13-11(18-8)14(4-6-16-2)10(15)9-3-5-17-7-9/h9H,3-7H2,1-2H3. The van der Waals surface area contributed by atoms with Crippen molar-refractivity contribution in [3.63, 3.8) is 0 Å². The van der Waals surface area contributed by atoms with Crippen LogP contribution in [-0.4, -0.2) is 49.6 Å². The van der Waals surface area contributed by atoms with Crippen molar-refractivity contribution in [2.24, 2.45) is 5.92 Å². The van der Waals surface area contributed by atoms with Gasteiger partial charge < -0.3 is 9.47 Å². The molecule has 0 bridgehead atoms. The maximum atomic E-state index is 12.4. The number of amides is 1. The molecule has 1 unspecified atom stereocenters. The van der Waals surface area contributed by atoms with Crippen LogP contribution in [0.15, 0.2) is 0 Å². The molecule has 1 aliphatic rings. The molecule has 1 atom stereocenters. The van der Waals surface area contributed by atoms with E-state index in [-0.39, 0.29) is 11.8 Å². The number of anilines is 1. The number of methoxy groups -OCH3 is 1. The lowest BCUT2D eigenvalue weighted by Crippen LogP contribution is -2.38. The summed E-state index contributed by atoms with van der Waals surface area (Å²) in [6.07, 6.45) is 0.778. The van der Waals surface area contributed by atoms with Crippen LogP contribution >= 0.6 is 11.3 Å². The van der Waals surface area contributed by atoms with E-state index in [0.717, 1.165) is 11.4 Å². The van der Waals surface area contributed by atoms with Crippen LogP contribution in [0.1, 0.15) is 11.4 Å². The van der Waals surface area contributed by atoms with Crippen LogP contribution in [0.4, 0.5) is 5.13 Å². The summed E-state index contributed by atoms with van der Waals surface area (Å²) in [4.78, 5) is 14.1. The van der Waals surface area contributed by atoms with E-state index >= 15 is 0 Å². The van der Waals surface area contributed by atoms with Gasteiger partial charge in [-0.25, -0.2) is 0 Å². The summed E-state index contributed by atoms with van der Waals surface area (Å²) in [6, 6.07) is 0. The fraction of sp³-hybridized carbons (Fsp3) is 0.727. The molecule has 2 rings (SSSR count). The first-order valence-electron chi connectivity index (χ1n) is 5.90. The van der Waals surface area contributed by atoms with E-state index in [9.17, 15) is 4.79 Å². The second-order valence-electron chi connectivity index (χ2n) is 4.15. The Morgan fingerprint density at radius 1 is 1.61 bits per heavy atom. The zero-order valence-corrected chi connectivity index (χ0v) is 11.4. The lowest BCUT2D eigenvalue weighted by Gasteiger charge is -2.21. The number of ether oxygens (including phenoxy) is 2. The lowest BCUT2D eigenvalue weighted by molar-refractivity contribution is -0.122. The van der Waals surface area contributed by atoms with Gasteiger partial charge in [0, 0.05) is 13.7 Å². The Morgan fingerprint density at radius 3 is 3.00 bits per heavy atom. The van der Waals surface area contributed by atoms with Crippen LogP contribution in [0.3, 0.4) is 0 Å². The summed E-state index contributed by atoms with van der Waals surface area (Å²) in [7, 11) is 1.62. The quantitative estimate of drug-likeness (QED) is 0.795. The fourth-order valence-electron chi connectivity index (χ4n) is 1.83. The van der Waals surface area contributed by atoms with Crippen molar-refractivity contribution in [1.29, 1.82) is 0 Å². The number of hydrogen-bond acceptors (Lipinski definition) is 6. The van der Waals surface area contributed by atoms with Gasteiger partial charge in [-0.3, -0.25) is 9.69 Å². The topological polar surface area (TPSA) is 64.5 Å². The van der Waals surface area contributed by atoms with Gasteiger partial charge >= 0.3 is 0 Å². The summed E-state index contributed by atoms with van der Waals surface area (Å²) in [5.74, 6) is -0.00763.